The summed E-state index contributed by atoms with van der Waals surface area (Å²) >= 11 is 0. The molecule has 0 aliphatic carbocycles. The van der Waals surface area contributed by atoms with Crippen molar-refractivity contribution in [1.82, 2.24) is 10.2 Å². The number of piperidine rings is 1. The Balaban J connectivity index is 1.77. The molecule has 2 heteroatoms. The number of hydrogen-bond donors (Lipinski definition) is 1. The van der Waals surface area contributed by atoms with Crippen molar-refractivity contribution in [2.45, 2.75) is 45.6 Å². The molecular weight excluding hydrogens is 172 g/mol. The van der Waals surface area contributed by atoms with Crippen LogP contribution in [0.3, 0.4) is 0 Å². The lowest BCUT2D eigenvalue weighted by Crippen LogP contribution is -2.62. The van der Waals surface area contributed by atoms with Crippen molar-refractivity contribution in [3.63, 3.8) is 0 Å². The van der Waals surface area contributed by atoms with Crippen LogP contribution in [0.2, 0.25) is 0 Å². The van der Waals surface area contributed by atoms with E-state index < -0.39 is 0 Å². The van der Waals surface area contributed by atoms with Crippen LogP contribution in [0, 0.1) is 5.41 Å². The van der Waals surface area contributed by atoms with Crippen LogP contribution in [0.4, 0.5) is 0 Å². The van der Waals surface area contributed by atoms with Crippen LogP contribution in [0.25, 0.3) is 0 Å². The highest BCUT2D eigenvalue weighted by Crippen LogP contribution is 2.39. The largest absolute Gasteiger partial charge is 0.317 e. The highest BCUT2D eigenvalue weighted by molar-refractivity contribution is 4.98. The molecule has 1 atom stereocenters. The molecule has 2 saturated heterocycles. The zero-order chi connectivity index (χ0) is 10.0. The monoisotopic (exact) mass is 196 g/mol. The predicted molar refractivity (Wildman–Crippen MR) is 60.5 cm³/mol. The third kappa shape index (κ3) is 1.96. The Labute approximate surface area is 88.1 Å². The molecule has 82 valence electrons. The average Bonchev–Trinajstić information content (AvgIpc) is 2.16. The molecule has 0 aromatic rings. The van der Waals surface area contributed by atoms with E-state index >= 15 is 0 Å². The summed E-state index contributed by atoms with van der Waals surface area (Å²) in [4.78, 5) is 2.68. The molecule has 2 aliphatic heterocycles. The van der Waals surface area contributed by atoms with Gasteiger partial charge in [-0.25, -0.2) is 0 Å². The van der Waals surface area contributed by atoms with Crippen molar-refractivity contribution < 1.29 is 0 Å². The molecule has 2 heterocycles. The maximum absolute atomic E-state index is 3.46. The first-order valence-electron chi connectivity index (χ1n) is 6.20. The predicted octanol–water partition coefficient (Wildman–Crippen LogP) is 1.86. The molecule has 0 radical (unpaired) electrons. The van der Waals surface area contributed by atoms with Gasteiger partial charge in [0, 0.05) is 19.1 Å². The highest BCUT2D eigenvalue weighted by Gasteiger charge is 2.44. The summed E-state index contributed by atoms with van der Waals surface area (Å²) in [6.07, 6.45) is 5.51. The molecule has 0 amide bonds. The molecule has 1 N–H and O–H groups in total. The van der Waals surface area contributed by atoms with E-state index in [0.717, 1.165) is 6.04 Å². The minimum atomic E-state index is 0.716. The zero-order valence-corrected chi connectivity index (χ0v) is 9.68. The summed E-state index contributed by atoms with van der Waals surface area (Å²) in [5.41, 5.74) is 0.716. The number of hydrogen-bond acceptors (Lipinski definition) is 2. The summed E-state index contributed by atoms with van der Waals surface area (Å²) in [6.45, 7) is 9.91. The molecule has 1 unspecified atom stereocenters. The molecule has 2 rings (SSSR count). The SMILES string of the molecule is CCCC(C)N1CC2(CCNCC2)C1. The van der Waals surface area contributed by atoms with Gasteiger partial charge in [0.2, 0.25) is 0 Å². The van der Waals surface area contributed by atoms with Gasteiger partial charge in [-0.3, -0.25) is 4.90 Å². The van der Waals surface area contributed by atoms with Crippen molar-refractivity contribution >= 4 is 0 Å². The van der Waals surface area contributed by atoms with Crippen molar-refractivity contribution in [1.29, 1.82) is 0 Å². The maximum atomic E-state index is 3.46. The molecule has 0 saturated carbocycles. The summed E-state index contributed by atoms with van der Waals surface area (Å²) in [6, 6.07) is 0.820. The third-order valence-electron chi connectivity index (χ3n) is 4.07. The fraction of sp³-hybridized carbons (Fsp3) is 1.00. The number of nitrogens with one attached hydrogen (secondary N) is 1. The maximum Gasteiger partial charge on any atom is 0.00673 e. The summed E-state index contributed by atoms with van der Waals surface area (Å²) in [5, 5.41) is 3.46. The van der Waals surface area contributed by atoms with E-state index in [4.69, 9.17) is 0 Å². The summed E-state index contributed by atoms with van der Waals surface area (Å²) < 4.78 is 0. The van der Waals surface area contributed by atoms with Crippen molar-refractivity contribution in [3.05, 3.63) is 0 Å². The van der Waals surface area contributed by atoms with Gasteiger partial charge in [-0.05, 0) is 44.7 Å². The van der Waals surface area contributed by atoms with Crippen LogP contribution >= 0.6 is 0 Å². The lowest BCUT2D eigenvalue weighted by atomic mass is 9.71. The quantitative estimate of drug-likeness (QED) is 0.741. The number of likely N-dealkylation sites (tertiary alicyclic amines) is 1. The summed E-state index contributed by atoms with van der Waals surface area (Å²) in [7, 11) is 0. The number of nitrogens with zero attached hydrogens (tertiary/aromatic N) is 1. The van der Waals surface area contributed by atoms with Crippen LogP contribution in [-0.2, 0) is 0 Å². The van der Waals surface area contributed by atoms with Gasteiger partial charge in [0.05, 0.1) is 0 Å². The topological polar surface area (TPSA) is 15.3 Å². The molecule has 2 fully saturated rings. The van der Waals surface area contributed by atoms with E-state index in [-0.39, 0.29) is 0 Å². The van der Waals surface area contributed by atoms with Gasteiger partial charge in [0.25, 0.3) is 0 Å². The van der Waals surface area contributed by atoms with Crippen molar-refractivity contribution in [2.75, 3.05) is 26.2 Å². The first kappa shape index (κ1) is 10.4. The molecule has 2 nitrogen and oxygen atoms in total. The molecule has 0 bridgehead atoms. The Morgan fingerprint density at radius 1 is 1.29 bits per heavy atom. The fourth-order valence-electron chi connectivity index (χ4n) is 3.00. The Kier molecular flexibility index (Phi) is 3.13. The smallest absolute Gasteiger partial charge is 0.00673 e. The van der Waals surface area contributed by atoms with E-state index in [2.05, 4.69) is 24.1 Å². The molecular formula is C12H24N2. The van der Waals surface area contributed by atoms with E-state index in [0.29, 0.717) is 5.41 Å². The molecule has 0 aromatic carbocycles. The Morgan fingerprint density at radius 2 is 1.93 bits per heavy atom. The first-order chi connectivity index (χ1) is 6.76. The van der Waals surface area contributed by atoms with Crippen LogP contribution in [0.5, 0.6) is 0 Å². The van der Waals surface area contributed by atoms with Crippen molar-refractivity contribution in [2.24, 2.45) is 5.41 Å². The second-order valence-corrected chi connectivity index (χ2v) is 5.29. The molecule has 1 spiro atoms. The lowest BCUT2D eigenvalue weighted by Gasteiger charge is -2.55. The Hall–Kier alpha value is -0.0800. The van der Waals surface area contributed by atoms with Gasteiger partial charge in [-0.2, -0.15) is 0 Å². The van der Waals surface area contributed by atoms with Crippen LogP contribution in [0.1, 0.15) is 39.5 Å². The normalized spacial score (nSPS) is 28.7. The zero-order valence-electron chi connectivity index (χ0n) is 9.68. The highest BCUT2D eigenvalue weighted by atomic mass is 15.2. The summed E-state index contributed by atoms with van der Waals surface area (Å²) in [5.74, 6) is 0. The van der Waals surface area contributed by atoms with E-state index in [1.807, 2.05) is 0 Å². The van der Waals surface area contributed by atoms with Crippen LogP contribution < -0.4 is 5.32 Å². The third-order valence-corrected chi connectivity index (χ3v) is 4.07. The van der Waals surface area contributed by atoms with Gasteiger partial charge >= 0.3 is 0 Å². The van der Waals surface area contributed by atoms with E-state index in [1.165, 1.54) is 51.9 Å². The van der Waals surface area contributed by atoms with Gasteiger partial charge in [0.1, 0.15) is 0 Å². The second kappa shape index (κ2) is 4.19. The molecule has 2 aliphatic rings. The van der Waals surface area contributed by atoms with Gasteiger partial charge < -0.3 is 5.32 Å². The first-order valence-corrected chi connectivity index (χ1v) is 6.20. The van der Waals surface area contributed by atoms with E-state index in [9.17, 15) is 0 Å². The Bertz CT molecular complexity index is 177. The van der Waals surface area contributed by atoms with Crippen LogP contribution in [-0.4, -0.2) is 37.1 Å². The second-order valence-electron chi connectivity index (χ2n) is 5.29. The minimum absolute atomic E-state index is 0.716. The molecule has 0 aromatic heterocycles. The number of rotatable bonds is 3. The molecule has 14 heavy (non-hydrogen) atoms. The minimum Gasteiger partial charge on any atom is -0.317 e. The van der Waals surface area contributed by atoms with Crippen molar-refractivity contribution in [3.8, 4) is 0 Å². The Morgan fingerprint density at radius 3 is 2.50 bits per heavy atom. The lowest BCUT2D eigenvalue weighted by molar-refractivity contribution is -0.0480. The average molecular weight is 196 g/mol. The van der Waals surface area contributed by atoms with Gasteiger partial charge in [-0.1, -0.05) is 13.3 Å². The standard InChI is InChI=1S/C12H24N2/c1-3-4-11(2)14-9-12(10-14)5-7-13-8-6-12/h11,13H,3-10H2,1-2H3. The van der Waals surface area contributed by atoms with Crippen LogP contribution in [0.15, 0.2) is 0 Å². The fourth-order valence-corrected chi connectivity index (χ4v) is 3.00. The van der Waals surface area contributed by atoms with E-state index in [1.54, 1.807) is 0 Å². The van der Waals surface area contributed by atoms with Gasteiger partial charge in [0.15, 0.2) is 0 Å². The van der Waals surface area contributed by atoms with Gasteiger partial charge in [-0.15, -0.1) is 0 Å².